The van der Waals surface area contributed by atoms with E-state index in [-0.39, 0.29) is 4.90 Å². The molecule has 0 saturated heterocycles. The van der Waals surface area contributed by atoms with Crippen LogP contribution < -0.4 is 0 Å². The van der Waals surface area contributed by atoms with Crippen LogP contribution >= 0.6 is 0 Å². The smallest absolute Gasteiger partial charge is 0.222 e. The van der Waals surface area contributed by atoms with Crippen LogP contribution in [0.25, 0.3) is 0 Å². The Bertz CT molecular complexity index is 603. The summed E-state index contributed by atoms with van der Waals surface area (Å²) in [4.78, 5) is -0.252. The Morgan fingerprint density at radius 2 is 1.83 bits per heavy atom. The van der Waals surface area contributed by atoms with E-state index in [2.05, 4.69) is 0 Å². The lowest BCUT2D eigenvalue weighted by molar-refractivity contribution is -0.148. The van der Waals surface area contributed by atoms with Crippen LogP contribution in [-0.2, 0) is 9.84 Å². The summed E-state index contributed by atoms with van der Waals surface area (Å²) >= 11 is 0. The summed E-state index contributed by atoms with van der Waals surface area (Å²) in [5.41, 5.74) is 0. The highest BCUT2D eigenvalue weighted by Crippen LogP contribution is 2.59. The Morgan fingerprint density at radius 1 is 1.28 bits per heavy atom. The molecule has 1 aromatic rings. The van der Waals surface area contributed by atoms with Crippen LogP contribution in [0.4, 0.5) is 13.2 Å². The number of halogens is 3. The van der Waals surface area contributed by atoms with Gasteiger partial charge in [0, 0.05) is 0 Å². The summed E-state index contributed by atoms with van der Waals surface area (Å²) in [5, 5.41) is 8.86. The Kier molecular flexibility index (Phi) is 2.66. The highest BCUT2D eigenvalue weighted by molar-refractivity contribution is 7.93. The SMILES string of the molecule is N#C[C@]1(S(=O)(=O)c2ccccc2)C[C@@H]1C(F)(F)F. The van der Waals surface area contributed by atoms with Crippen molar-refractivity contribution in [3.05, 3.63) is 30.3 Å². The van der Waals surface area contributed by atoms with E-state index in [0.29, 0.717) is 0 Å². The van der Waals surface area contributed by atoms with E-state index in [4.69, 9.17) is 5.26 Å². The minimum Gasteiger partial charge on any atom is -0.222 e. The molecule has 1 fully saturated rings. The topological polar surface area (TPSA) is 57.9 Å². The lowest BCUT2D eigenvalue weighted by Crippen LogP contribution is -2.29. The van der Waals surface area contributed by atoms with E-state index in [0.717, 1.165) is 0 Å². The van der Waals surface area contributed by atoms with Gasteiger partial charge in [-0.15, -0.1) is 0 Å². The van der Waals surface area contributed by atoms with Gasteiger partial charge in [-0.05, 0) is 18.6 Å². The zero-order chi connectivity index (χ0) is 13.6. The molecule has 2 rings (SSSR count). The fourth-order valence-corrected chi connectivity index (χ4v) is 3.87. The molecule has 0 bridgehead atoms. The standard InChI is InChI=1S/C11H8F3NO2S/c12-11(13,14)9-6-10(9,7-15)18(16,17)8-4-2-1-3-5-8/h1-5,9H,6H2/t9-,10+/m0/s1. The molecule has 96 valence electrons. The van der Waals surface area contributed by atoms with E-state index < -0.39 is 33.1 Å². The zero-order valence-corrected chi connectivity index (χ0v) is 9.79. The molecule has 0 unspecified atom stereocenters. The first-order chi connectivity index (χ1) is 8.25. The third-order valence-corrected chi connectivity index (χ3v) is 5.42. The molecule has 0 spiro atoms. The van der Waals surface area contributed by atoms with E-state index in [1.807, 2.05) is 0 Å². The van der Waals surface area contributed by atoms with Crippen molar-refractivity contribution in [1.29, 1.82) is 5.26 Å². The lowest BCUT2D eigenvalue weighted by atomic mass is 10.3. The third-order valence-electron chi connectivity index (χ3n) is 3.03. The van der Waals surface area contributed by atoms with Crippen LogP contribution in [0.3, 0.4) is 0 Å². The number of nitriles is 1. The van der Waals surface area contributed by atoms with Crippen LogP contribution in [0, 0.1) is 17.2 Å². The molecule has 1 aliphatic rings. The second-order valence-corrected chi connectivity index (χ2v) is 6.32. The van der Waals surface area contributed by atoms with E-state index in [1.165, 1.54) is 30.3 Å². The maximum atomic E-state index is 12.6. The van der Waals surface area contributed by atoms with Crippen molar-refractivity contribution in [2.24, 2.45) is 5.92 Å². The average molecular weight is 275 g/mol. The molecular formula is C11H8F3NO2S. The van der Waals surface area contributed by atoms with Gasteiger partial charge in [0.2, 0.25) is 0 Å². The zero-order valence-electron chi connectivity index (χ0n) is 8.98. The largest absolute Gasteiger partial charge is 0.394 e. The van der Waals surface area contributed by atoms with Crippen molar-refractivity contribution in [1.82, 2.24) is 0 Å². The van der Waals surface area contributed by atoms with Crippen molar-refractivity contribution in [2.75, 3.05) is 0 Å². The van der Waals surface area contributed by atoms with Crippen LogP contribution in [0.15, 0.2) is 35.2 Å². The molecule has 0 aromatic heterocycles. The predicted octanol–water partition coefficient (Wildman–Crippen LogP) is 2.30. The van der Waals surface area contributed by atoms with Crippen molar-refractivity contribution in [3.63, 3.8) is 0 Å². The van der Waals surface area contributed by atoms with Crippen molar-refractivity contribution in [2.45, 2.75) is 22.2 Å². The third kappa shape index (κ3) is 1.68. The summed E-state index contributed by atoms with van der Waals surface area (Å²) < 4.78 is 59.5. The molecular weight excluding hydrogens is 267 g/mol. The number of rotatable bonds is 2. The number of benzene rings is 1. The van der Waals surface area contributed by atoms with Gasteiger partial charge >= 0.3 is 6.18 Å². The highest BCUT2D eigenvalue weighted by atomic mass is 32.2. The van der Waals surface area contributed by atoms with E-state index >= 15 is 0 Å². The first-order valence-electron chi connectivity index (χ1n) is 5.03. The van der Waals surface area contributed by atoms with Crippen LogP contribution in [0.1, 0.15) is 6.42 Å². The van der Waals surface area contributed by atoms with Crippen LogP contribution in [-0.4, -0.2) is 19.3 Å². The molecule has 1 aliphatic carbocycles. The molecule has 2 atom stereocenters. The van der Waals surface area contributed by atoms with Gasteiger partial charge in [0.25, 0.3) is 0 Å². The number of hydrogen-bond donors (Lipinski definition) is 0. The summed E-state index contributed by atoms with van der Waals surface area (Å²) in [7, 11) is -4.29. The Hall–Kier alpha value is -1.55. The second-order valence-electron chi connectivity index (χ2n) is 4.12. The molecule has 0 aliphatic heterocycles. The number of alkyl halides is 3. The predicted molar refractivity (Wildman–Crippen MR) is 56.1 cm³/mol. The van der Waals surface area contributed by atoms with E-state index in [1.54, 1.807) is 6.07 Å². The fourth-order valence-electron chi connectivity index (χ4n) is 1.92. The molecule has 0 heterocycles. The Morgan fingerprint density at radius 3 is 2.22 bits per heavy atom. The summed E-state index contributed by atoms with van der Waals surface area (Å²) in [5.74, 6) is -2.10. The summed E-state index contributed by atoms with van der Waals surface area (Å²) in [6.07, 6.45) is -5.36. The number of sulfone groups is 1. The molecule has 0 amide bonds. The number of nitrogens with zero attached hydrogens (tertiary/aromatic N) is 1. The molecule has 0 N–H and O–H groups in total. The van der Waals surface area contributed by atoms with Gasteiger partial charge in [0.05, 0.1) is 16.9 Å². The first kappa shape index (κ1) is 12.9. The first-order valence-corrected chi connectivity index (χ1v) is 6.52. The fraction of sp³-hybridized carbons (Fsp3) is 0.364. The van der Waals surface area contributed by atoms with Gasteiger partial charge in [-0.2, -0.15) is 18.4 Å². The number of hydrogen-bond acceptors (Lipinski definition) is 3. The van der Waals surface area contributed by atoms with Crippen molar-refractivity contribution < 1.29 is 21.6 Å². The van der Waals surface area contributed by atoms with Gasteiger partial charge in [-0.1, -0.05) is 18.2 Å². The van der Waals surface area contributed by atoms with E-state index in [9.17, 15) is 21.6 Å². The lowest BCUT2D eigenvalue weighted by Gasteiger charge is -2.12. The van der Waals surface area contributed by atoms with Gasteiger partial charge in [-0.3, -0.25) is 0 Å². The normalized spacial score (nSPS) is 27.6. The summed E-state index contributed by atoms with van der Waals surface area (Å²) in [6, 6.07) is 8.09. The molecule has 0 radical (unpaired) electrons. The van der Waals surface area contributed by atoms with Crippen LogP contribution in [0.2, 0.25) is 0 Å². The minimum absolute atomic E-state index is 0.252. The Labute approximate surface area is 102 Å². The minimum atomic E-state index is -4.67. The van der Waals surface area contributed by atoms with Gasteiger partial charge in [0.1, 0.15) is 0 Å². The quantitative estimate of drug-likeness (QED) is 0.832. The Balaban J connectivity index is 2.47. The summed E-state index contributed by atoms with van der Waals surface area (Å²) in [6.45, 7) is 0. The second kappa shape index (κ2) is 3.72. The highest BCUT2D eigenvalue weighted by Gasteiger charge is 2.74. The molecule has 3 nitrogen and oxygen atoms in total. The maximum absolute atomic E-state index is 12.6. The molecule has 18 heavy (non-hydrogen) atoms. The van der Waals surface area contributed by atoms with Crippen molar-refractivity contribution in [3.8, 4) is 6.07 Å². The monoisotopic (exact) mass is 275 g/mol. The molecule has 1 aromatic carbocycles. The molecule has 7 heteroatoms. The van der Waals surface area contributed by atoms with Crippen LogP contribution in [0.5, 0.6) is 0 Å². The maximum Gasteiger partial charge on any atom is 0.394 e. The van der Waals surface area contributed by atoms with Crippen molar-refractivity contribution >= 4 is 9.84 Å². The average Bonchev–Trinajstić information content (AvgIpc) is 3.06. The van der Waals surface area contributed by atoms with Gasteiger partial charge in [0.15, 0.2) is 14.6 Å². The van der Waals surface area contributed by atoms with Gasteiger partial charge < -0.3 is 0 Å². The molecule has 1 saturated carbocycles. The van der Waals surface area contributed by atoms with Gasteiger partial charge in [-0.25, -0.2) is 8.42 Å².